The fourth-order valence-corrected chi connectivity index (χ4v) is 1.68. The van der Waals surface area contributed by atoms with E-state index in [1.807, 2.05) is 0 Å². The van der Waals surface area contributed by atoms with Crippen molar-refractivity contribution in [2.75, 3.05) is 19.6 Å². The van der Waals surface area contributed by atoms with Gasteiger partial charge in [0.2, 0.25) is 0 Å². The smallest absolute Gasteiger partial charge is 0.323 e. The van der Waals surface area contributed by atoms with Crippen LogP contribution in [-0.4, -0.2) is 41.1 Å². The Kier molecular flexibility index (Phi) is 3.89. The largest absolute Gasteiger partial charge is 0.480 e. The molecule has 0 amide bonds. The number of aliphatic carboxylic acids is 1. The first-order valence-electron chi connectivity index (χ1n) is 5.27. The molecule has 0 aromatic heterocycles. The van der Waals surface area contributed by atoms with E-state index in [0.29, 0.717) is 6.42 Å². The van der Waals surface area contributed by atoms with Gasteiger partial charge in [-0.15, -0.1) is 0 Å². The van der Waals surface area contributed by atoms with E-state index < -0.39 is 11.5 Å². The minimum absolute atomic E-state index is 0.530. The molecule has 0 aromatic carbocycles. The summed E-state index contributed by atoms with van der Waals surface area (Å²) in [5.41, 5.74) is 4.58. The lowest BCUT2D eigenvalue weighted by atomic mass is 9.99. The van der Waals surface area contributed by atoms with Crippen LogP contribution in [0.25, 0.3) is 0 Å². The van der Waals surface area contributed by atoms with Crippen molar-refractivity contribution in [3.05, 3.63) is 0 Å². The fraction of sp³-hybridized carbons (Fsp3) is 0.900. The summed E-state index contributed by atoms with van der Waals surface area (Å²) in [4.78, 5) is 13.1. The summed E-state index contributed by atoms with van der Waals surface area (Å²) in [7, 11) is 0. The molecule has 3 N–H and O–H groups in total. The third-order valence-electron chi connectivity index (χ3n) is 2.88. The van der Waals surface area contributed by atoms with Crippen LogP contribution in [0.4, 0.5) is 0 Å². The summed E-state index contributed by atoms with van der Waals surface area (Å²) in [6.45, 7) is 4.57. The molecule has 82 valence electrons. The lowest BCUT2D eigenvalue weighted by molar-refractivity contribution is -0.143. The van der Waals surface area contributed by atoms with Gasteiger partial charge in [-0.05, 0) is 39.3 Å². The Hall–Kier alpha value is -0.610. The Bertz CT molecular complexity index is 198. The first-order valence-corrected chi connectivity index (χ1v) is 5.27. The molecule has 1 aliphatic rings. The molecule has 14 heavy (non-hydrogen) atoms. The summed E-state index contributed by atoms with van der Waals surface area (Å²) in [5.74, 6) is -0.908. The summed E-state index contributed by atoms with van der Waals surface area (Å²) in [6.07, 6.45) is 4.29. The molecule has 0 radical (unpaired) electrons. The van der Waals surface area contributed by atoms with E-state index in [4.69, 9.17) is 10.8 Å². The molecule has 1 atom stereocenters. The first kappa shape index (κ1) is 11.5. The van der Waals surface area contributed by atoms with Gasteiger partial charge in [0.05, 0.1) is 0 Å². The highest BCUT2D eigenvalue weighted by molar-refractivity contribution is 5.77. The number of likely N-dealkylation sites (tertiary alicyclic amines) is 1. The van der Waals surface area contributed by atoms with E-state index >= 15 is 0 Å². The Balaban J connectivity index is 2.28. The minimum Gasteiger partial charge on any atom is -0.480 e. The number of hydrogen-bond acceptors (Lipinski definition) is 3. The normalized spacial score (nSPS) is 23.0. The maximum Gasteiger partial charge on any atom is 0.323 e. The summed E-state index contributed by atoms with van der Waals surface area (Å²) in [6, 6.07) is 0. The number of nitrogens with two attached hydrogens (primary N) is 1. The molecule has 4 heteroatoms. The predicted octanol–water partition coefficient (Wildman–Crippen LogP) is 0.664. The van der Waals surface area contributed by atoms with Crippen molar-refractivity contribution in [3.63, 3.8) is 0 Å². The Morgan fingerprint density at radius 1 is 1.43 bits per heavy atom. The number of rotatable bonds is 4. The zero-order valence-electron chi connectivity index (χ0n) is 8.83. The second-order valence-electron chi connectivity index (χ2n) is 4.37. The molecule has 1 aliphatic heterocycles. The van der Waals surface area contributed by atoms with Gasteiger partial charge < -0.3 is 15.7 Å². The minimum atomic E-state index is -1.07. The summed E-state index contributed by atoms with van der Waals surface area (Å²) in [5, 5.41) is 8.83. The van der Waals surface area contributed by atoms with Gasteiger partial charge in [0, 0.05) is 6.54 Å². The number of hydrogen-bond donors (Lipinski definition) is 2. The topological polar surface area (TPSA) is 66.6 Å². The highest BCUT2D eigenvalue weighted by Gasteiger charge is 2.28. The van der Waals surface area contributed by atoms with E-state index in [2.05, 4.69) is 4.90 Å². The average molecular weight is 200 g/mol. The van der Waals surface area contributed by atoms with E-state index in [-0.39, 0.29) is 0 Å². The third kappa shape index (κ3) is 3.27. The molecule has 4 nitrogen and oxygen atoms in total. The van der Waals surface area contributed by atoms with E-state index in [1.165, 1.54) is 19.3 Å². The number of carboxylic acids is 1. The standard InChI is InChI=1S/C10H20N2O2/c1-10(11,9(13)14)5-8-12-6-3-2-4-7-12/h2-8,11H2,1H3,(H,13,14). The summed E-state index contributed by atoms with van der Waals surface area (Å²) >= 11 is 0. The maximum atomic E-state index is 10.8. The molecule has 0 bridgehead atoms. The molecule has 1 fully saturated rings. The van der Waals surface area contributed by atoms with Gasteiger partial charge >= 0.3 is 5.97 Å². The molecular formula is C10H20N2O2. The van der Waals surface area contributed by atoms with Crippen molar-refractivity contribution in [3.8, 4) is 0 Å². The van der Waals surface area contributed by atoms with Gasteiger partial charge in [-0.1, -0.05) is 6.42 Å². The van der Waals surface area contributed by atoms with Crippen molar-refractivity contribution >= 4 is 5.97 Å². The van der Waals surface area contributed by atoms with Gasteiger partial charge in [0.25, 0.3) is 0 Å². The Morgan fingerprint density at radius 3 is 2.50 bits per heavy atom. The zero-order chi connectivity index (χ0) is 10.6. The van der Waals surface area contributed by atoms with Crippen LogP contribution in [0.2, 0.25) is 0 Å². The molecule has 1 unspecified atom stereocenters. The lowest BCUT2D eigenvalue weighted by Gasteiger charge is -2.29. The molecule has 0 aliphatic carbocycles. The molecular weight excluding hydrogens is 180 g/mol. The van der Waals surface area contributed by atoms with Crippen LogP contribution in [-0.2, 0) is 4.79 Å². The number of nitrogens with zero attached hydrogens (tertiary/aromatic N) is 1. The fourth-order valence-electron chi connectivity index (χ4n) is 1.68. The summed E-state index contributed by atoms with van der Waals surface area (Å²) < 4.78 is 0. The maximum absolute atomic E-state index is 10.8. The molecule has 0 spiro atoms. The van der Waals surface area contributed by atoms with Crippen LogP contribution in [0.5, 0.6) is 0 Å². The van der Waals surface area contributed by atoms with Gasteiger partial charge in [-0.3, -0.25) is 4.79 Å². The second kappa shape index (κ2) is 4.75. The van der Waals surface area contributed by atoms with Crippen LogP contribution in [0, 0.1) is 0 Å². The monoisotopic (exact) mass is 200 g/mol. The highest BCUT2D eigenvalue weighted by atomic mass is 16.4. The van der Waals surface area contributed by atoms with E-state index in [1.54, 1.807) is 6.92 Å². The molecule has 1 heterocycles. The molecule has 0 saturated carbocycles. The predicted molar refractivity (Wildman–Crippen MR) is 55.1 cm³/mol. The van der Waals surface area contributed by atoms with Crippen molar-refractivity contribution in [1.29, 1.82) is 0 Å². The quantitative estimate of drug-likeness (QED) is 0.699. The van der Waals surface area contributed by atoms with Gasteiger partial charge in [-0.25, -0.2) is 0 Å². The second-order valence-corrected chi connectivity index (χ2v) is 4.37. The SMILES string of the molecule is CC(N)(CCN1CCCCC1)C(=O)O. The van der Waals surface area contributed by atoms with Crippen molar-refractivity contribution in [2.24, 2.45) is 5.73 Å². The lowest BCUT2D eigenvalue weighted by Crippen LogP contribution is -2.47. The number of carbonyl (C=O) groups is 1. The van der Waals surface area contributed by atoms with E-state index in [0.717, 1.165) is 19.6 Å². The number of piperidine rings is 1. The first-order chi connectivity index (χ1) is 6.52. The van der Waals surface area contributed by atoms with E-state index in [9.17, 15) is 4.79 Å². The van der Waals surface area contributed by atoms with Crippen molar-refractivity contribution < 1.29 is 9.90 Å². The van der Waals surface area contributed by atoms with Crippen LogP contribution in [0.3, 0.4) is 0 Å². The van der Waals surface area contributed by atoms with Crippen LogP contribution in [0.1, 0.15) is 32.6 Å². The van der Waals surface area contributed by atoms with Crippen LogP contribution in [0.15, 0.2) is 0 Å². The molecule has 1 rings (SSSR count). The van der Waals surface area contributed by atoms with Gasteiger partial charge in [0.15, 0.2) is 0 Å². The Morgan fingerprint density at radius 2 is 2.00 bits per heavy atom. The Labute approximate surface area is 85.1 Å². The number of carboxylic acid groups (broad SMARTS) is 1. The zero-order valence-corrected chi connectivity index (χ0v) is 8.83. The molecule has 1 saturated heterocycles. The highest BCUT2D eigenvalue weighted by Crippen LogP contribution is 2.12. The third-order valence-corrected chi connectivity index (χ3v) is 2.88. The van der Waals surface area contributed by atoms with Gasteiger partial charge in [0.1, 0.15) is 5.54 Å². The van der Waals surface area contributed by atoms with Crippen molar-refractivity contribution in [2.45, 2.75) is 38.1 Å². The average Bonchev–Trinajstić information content (AvgIpc) is 2.16. The van der Waals surface area contributed by atoms with Gasteiger partial charge in [-0.2, -0.15) is 0 Å². The molecule has 0 aromatic rings. The van der Waals surface area contributed by atoms with Crippen molar-refractivity contribution in [1.82, 2.24) is 4.90 Å². The van der Waals surface area contributed by atoms with Crippen LogP contribution < -0.4 is 5.73 Å². The van der Waals surface area contributed by atoms with Crippen LogP contribution >= 0.6 is 0 Å².